The molecule has 25 heavy (non-hydrogen) atoms. The lowest BCUT2D eigenvalue weighted by Gasteiger charge is -2.27. The summed E-state index contributed by atoms with van der Waals surface area (Å²) in [6, 6.07) is 17.5. The first kappa shape index (κ1) is 17.3. The largest absolute Gasteiger partial charge is 0.390 e. The number of nitrogens with zero attached hydrogens (tertiary/aromatic N) is 1. The summed E-state index contributed by atoms with van der Waals surface area (Å²) in [7, 11) is 2.01. The van der Waals surface area contributed by atoms with Gasteiger partial charge in [0.25, 0.3) is 0 Å². The molecule has 3 N–H and O–H groups in total. The molecule has 0 radical (unpaired) electrons. The van der Waals surface area contributed by atoms with Crippen LogP contribution in [0.4, 0.5) is 10.5 Å². The van der Waals surface area contributed by atoms with Gasteiger partial charge in [-0.1, -0.05) is 42.5 Å². The highest BCUT2D eigenvalue weighted by Gasteiger charge is 2.31. The second-order valence-corrected chi connectivity index (χ2v) is 6.60. The zero-order valence-electron chi connectivity index (χ0n) is 14.6. The average molecular weight is 339 g/mol. The van der Waals surface area contributed by atoms with Gasteiger partial charge in [-0.2, -0.15) is 0 Å². The van der Waals surface area contributed by atoms with Crippen molar-refractivity contribution in [3.8, 4) is 0 Å². The maximum Gasteiger partial charge on any atom is 0.315 e. The first-order chi connectivity index (χ1) is 12.1. The van der Waals surface area contributed by atoms with Crippen molar-refractivity contribution in [1.82, 2.24) is 10.6 Å². The number of likely N-dealkylation sites (N-methyl/N-ethyl adjacent to an activating group) is 1. The van der Waals surface area contributed by atoms with E-state index >= 15 is 0 Å². The van der Waals surface area contributed by atoms with Crippen molar-refractivity contribution in [2.45, 2.75) is 31.5 Å². The van der Waals surface area contributed by atoms with Crippen molar-refractivity contribution in [2.75, 3.05) is 18.5 Å². The van der Waals surface area contributed by atoms with Crippen molar-refractivity contribution >= 4 is 11.7 Å². The van der Waals surface area contributed by atoms with Crippen LogP contribution >= 0.6 is 0 Å². The molecule has 0 bridgehead atoms. The fraction of sp³-hybridized carbons (Fsp3) is 0.350. The van der Waals surface area contributed by atoms with Crippen molar-refractivity contribution in [2.24, 2.45) is 0 Å². The fourth-order valence-corrected chi connectivity index (χ4v) is 3.24. The number of amides is 2. The van der Waals surface area contributed by atoms with Gasteiger partial charge in [0, 0.05) is 31.7 Å². The molecule has 5 heteroatoms. The molecule has 3 atom stereocenters. The summed E-state index contributed by atoms with van der Waals surface area (Å²) in [6.07, 6.45) is 0.00132. The highest BCUT2D eigenvalue weighted by atomic mass is 16.3. The Bertz CT molecular complexity index is 720. The quantitative estimate of drug-likeness (QED) is 0.784. The van der Waals surface area contributed by atoms with Gasteiger partial charge in [-0.05, 0) is 30.2 Å². The van der Waals surface area contributed by atoms with Gasteiger partial charge < -0.3 is 20.6 Å². The van der Waals surface area contributed by atoms with Gasteiger partial charge in [0.2, 0.25) is 0 Å². The lowest BCUT2D eigenvalue weighted by atomic mass is 10.1. The van der Waals surface area contributed by atoms with E-state index in [1.807, 2.05) is 61.6 Å². The molecule has 5 nitrogen and oxygen atoms in total. The Morgan fingerprint density at radius 2 is 1.88 bits per heavy atom. The molecular weight excluding hydrogens is 314 g/mol. The van der Waals surface area contributed by atoms with Gasteiger partial charge in [0.1, 0.15) is 0 Å². The minimum atomic E-state index is -0.576. The van der Waals surface area contributed by atoms with Gasteiger partial charge >= 0.3 is 6.03 Å². The van der Waals surface area contributed by atoms with Crippen molar-refractivity contribution in [3.05, 3.63) is 65.7 Å². The van der Waals surface area contributed by atoms with Crippen LogP contribution in [0.25, 0.3) is 0 Å². The number of nitrogens with one attached hydrogen (secondary N) is 2. The van der Waals surface area contributed by atoms with Crippen LogP contribution < -0.4 is 15.5 Å². The molecule has 2 amide bonds. The number of benzene rings is 2. The molecular formula is C20H25N3O2. The number of anilines is 1. The minimum absolute atomic E-state index is 0.147. The number of hydrogen-bond donors (Lipinski definition) is 3. The third-order valence-electron chi connectivity index (χ3n) is 4.87. The van der Waals surface area contributed by atoms with Crippen LogP contribution in [0.3, 0.4) is 0 Å². The molecule has 0 aromatic heterocycles. The summed E-state index contributed by atoms with van der Waals surface area (Å²) in [6.45, 7) is 2.58. The number of urea groups is 1. The van der Waals surface area contributed by atoms with E-state index in [0.717, 1.165) is 16.8 Å². The second kappa shape index (κ2) is 7.57. The lowest BCUT2D eigenvalue weighted by Crippen LogP contribution is -2.46. The molecule has 1 aliphatic rings. The van der Waals surface area contributed by atoms with Crippen LogP contribution in [0.5, 0.6) is 0 Å². The molecule has 3 rings (SSSR count). The molecule has 0 aliphatic heterocycles. The number of aliphatic hydroxyl groups excluding tert-OH is 1. The molecule has 0 fully saturated rings. The highest BCUT2D eigenvalue weighted by molar-refractivity contribution is 5.75. The maximum atomic E-state index is 12.3. The molecule has 1 aliphatic carbocycles. The summed E-state index contributed by atoms with van der Waals surface area (Å²) in [4.78, 5) is 14.4. The molecule has 2 aromatic carbocycles. The zero-order chi connectivity index (χ0) is 17.8. The Morgan fingerprint density at radius 3 is 2.64 bits per heavy atom. The van der Waals surface area contributed by atoms with Gasteiger partial charge in [-0.3, -0.25) is 0 Å². The van der Waals surface area contributed by atoms with Crippen LogP contribution in [0.15, 0.2) is 54.6 Å². The third-order valence-corrected chi connectivity index (χ3v) is 4.87. The summed E-state index contributed by atoms with van der Waals surface area (Å²) in [5.74, 6) is 0. The second-order valence-electron chi connectivity index (χ2n) is 6.60. The van der Waals surface area contributed by atoms with Crippen molar-refractivity contribution in [1.29, 1.82) is 0 Å². The molecule has 2 aromatic rings. The number of rotatable bonds is 5. The number of fused-ring (bicyclic) bond motifs is 1. The van der Waals surface area contributed by atoms with Crippen LogP contribution in [-0.4, -0.2) is 36.9 Å². The predicted molar refractivity (Wildman–Crippen MR) is 99.7 cm³/mol. The number of aliphatic hydroxyl groups is 1. The van der Waals surface area contributed by atoms with E-state index in [0.29, 0.717) is 13.0 Å². The molecule has 132 valence electrons. The summed E-state index contributed by atoms with van der Waals surface area (Å²) < 4.78 is 0. The summed E-state index contributed by atoms with van der Waals surface area (Å²) in [5.41, 5.74) is 3.20. The highest BCUT2D eigenvalue weighted by Crippen LogP contribution is 2.31. The minimum Gasteiger partial charge on any atom is -0.390 e. The number of carbonyl (C=O) groups is 1. The van der Waals surface area contributed by atoms with Crippen LogP contribution in [0.1, 0.15) is 24.1 Å². The van der Waals surface area contributed by atoms with Gasteiger partial charge in [-0.15, -0.1) is 0 Å². The van der Waals surface area contributed by atoms with Crippen LogP contribution in [-0.2, 0) is 6.42 Å². The Kier molecular flexibility index (Phi) is 5.24. The first-order valence-corrected chi connectivity index (χ1v) is 8.64. The molecule has 0 saturated heterocycles. The van der Waals surface area contributed by atoms with E-state index in [2.05, 4.69) is 22.5 Å². The monoisotopic (exact) mass is 339 g/mol. The van der Waals surface area contributed by atoms with Crippen LogP contribution in [0, 0.1) is 0 Å². The molecule has 0 saturated carbocycles. The maximum absolute atomic E-state index is 12.3. The Labute approximate surface area is 148 Å². The number of para-hydroxylation sites is 1. The molecule has 3 unspecified atom stereocenters. The van der Waals surface area contributed by atoms with E-state index in [4.69, 9.17) is 0 Å². The van der Waals surface area contributed by atoms with Gasteiger partial charge in [0.15, 0.2) is 0 Å². The predicted octanol–water partition coefficient (Wildman–Crippen LogP) is 2.47. The van der Waals surface area contributed by atoms with E-state index in [1.54, 1.807) is 0 Å². The topological polar surface area (TPSA) is 64.6 Å². The SMILES string of the molecule is CC(CNC(=O)NC1c2ccccc2CC1O)N(C)c1ccccc1. The zero-order valence-corrected chi connectivity index (χ0v) is 14.6. The smallest absolute Gasteiger partial charge is 0.315 e. The lowest BCUT2D eigenvalue weighted by molar-refractivity contribution is 0.142. The fourth-order valence-electron chi connectivity index (χ4n) is 3.24. The normalized spacial score (nSPS) is 19.8. The summed E-state index contributed by atoms with van der Waals surface area (Å²) >= 11 is 0. The van der Waals surface area contributed by atoms with Crippen molar-refractivity contribution in [3.63, 3.8) is 0 Å². The average Bonchev–Trinajstić information content (AvgIpc) is 2.95. The van der Waals surface area contributed by atoms with Gasteiger partial charge in [-0.25, -0.2) is 4.79 Å². The van der Waals surface area contributed by atoms with E-state index in [-0.39, 0.29) is 18.1 Å². The first-order valence-electron chi connectivity index (χ1n) is 8.64. The molecule has 0 heterocycles. The van der Waals surface area contributed by atoms with E-state index in [1.165, 1.54) is 0 Å². The van der Waals surface area contributed by atoms with Gasteiger partial charge in [0.05, 0.1) is 12.1 Å². The third kappa shape index (κ3) is 3.94. The van der Waals surface area contributed by atoms with E-state index in [9.17, 15) is 9.90 Å². The number of carbonyl (C=O) groups excluding carboxylic acids is 1. The molecule has 0 spiro atoms. The summed E-state index contributed by atoms with van der Waals surface area (Å²) in [5, 5.41) is 16.0. The Hall–Kier alpha value is -2.53. The van der Waals surface area contributed by atoms with E-state index < -0.39 is 6.10 Å². The number of hydrogen-bond acceptors (Lipinski definition) is 3. The Balaban J connectivity index is 1.53. The van der Waals surface area contributed by atoms with Crippen LogP contribution in [0.2, 0.25) is 0 Å². The van der Waals surface area contributed by atoms with Crippen molar-refractivity contribution < 1.29 is 9.90 Å². The Morgan fingerprint density at radius 1 is 1.20 bits per heavy atom. The standard InChI is InChI=1S/C20H25N3O2/c1-14(23(2)16-9-4-3-5-10-16)13-21-20(25)22-19-17-11-7-6-8-15(17)12-18(19)24/h3-11,14,18-19,24H,12-13H2,1-2H3,(H2,21,22,25).